The van der Waals surface area contributed by atoms with Gasteiger partial charge in [-0.25, -0.2) is 14.4 Å². The Kier molecular flexibility index (Phi) is 5.29. The summed E-state index contributed by atoms with van der Waals surface area (Å²) in [6.07, 6.45) is 6.92. The smallest absolute Gasteiger partial charge is 0.229 e. The molecule has 0 aliphatic carbocycles. The van der Waals surface area contributed by atoms with Gasteiger partial charge in [0.25, 0.3) is 0 Å². The molecule has 1 aliphatic heterocycles. The van der Waals surface area contributed by atoms with Crippen LogP contribution in [-0.4, -0.2) is 56.9 Å². The number of aryl methyl sites for hydroxylation is 1. The van der Waals surface area contributed by atoms with Gasteiger partial charge in [0.15, 0.2) is 0 Å². The van der Waals surface area contributed by atoms with E-state index in [2.05, 4.69) is 25.3 Å². The minimum absolute atomic E-state index is 0.0670. The second-order valence-electron chi connectivity index (χ2n) is 7.16. The number of rotatable bonds is 5. The first-order chi connectivity index (χ1) is 13.6. The second kappa shape index (κ2) is 8.02. The van der Waals surface area contributed by atoms with Gasteiger partial charge in [0, 0.05) is 42.9 Å². The standard InChI is InChI=1S/C20H23FN6O/c1-26-13-17(12-23-26)15-2-3-16-11-22-20(24-18(16)10-15)25-19(28)14-4-7-27(8-5-14)9-6-21/h2-3,10-14H,4-9H2,1H3,(H,22,24,25,28). The zero-order valence-corrected chi connectivity index (χ0v) is 15.8. The van der Waals surface area contributed by atoms with E-state index in [0.717, 1.165) is 48.0 Å². The van der Waals surface area contributed by atoms with Gasteiger partial charge in [-0.15, -0.1) is 0 Å². The van der Waals surface area contributed by atoms with E-state index in [4.69, 9.17) is 0 Å². The molecule has 3 heterocycles. The molecule has 28 heavy (non-hydrogen) atoms. The first-order valence-electron chi connectivity index (χ1n) is 9.47. The quantitative estimate of drug-likeness (QED) is 0.734. The maximum Gasteiger partial charge on any atom is 0.229 e. The van der Waals surface area contributed by atoms with Gasteiger partial charge in [-0.1, -0.05) is 12.1 Å². The number of hydrogen-bond acceptors (Lipinski definition) is 5. The monoisotopic (exact) mass is 382 g/mol. The lowest BCUT2D eigenvalue weighted by molar-refractivity contribution is -0.121. The lowest BCUT2D eigenvalue weighted by Crippen LogP contribution is -2.39. The van der Waals surface area contributed by atoms with Crippen LogP contribution < -0.4 is 5.32 Å². The Morgan fingerprint density at radius 3 is 2.79 bits per heavy atom. The van der Waals surface area contributed by atoms with Crippen LogP contribution in [0, 0.1) is 5.92 Å². The molecule has 0 atom stereocenters. The highest BCUT2D eigenvalue weighted by Gasteiger charge is 2.25. The SMILES string of the molecule is Cn1cc(-c2ccc3cnc(NC(=O)C4CCN(CCF)CC4)nc3c2)cn1. The fourth-order valence-corrected chi connectivity index (χ4v) is 3.58. The third-order valence-electron chi connectivity index (χ3n) is 5.22. The van der Waals surface area contributed by atoms with Crippen molar-refractivity contribution in [2.24, 2.45) is 13.0 Å². The summed E-state index contributed by atoms with van der Waals surface area (Å²) in [6, 6.07) is 5.94. The molecule has 8 heteroatoms. The minimum atomic E-state index is -0.344. The average Bonchev–Trinajstić information content (AvgIpc) is 3.14. The van der Waals surface area contributed by atoms with Crippen LogP contribution in [0.5, 0.6) is 0 Å². The third-order valence-corrected chi connectivity index (χ3v) is 5.22. The fraction of sp³-hybridized carbons (Fsp3) is 0.400. The van der Waals surface area contributed by atoms with E-state index in [9.17, 15) is 9.18 Å². The first kappa shape index (κ1) is 18.5. The number of nitrogens with one attached hydrogen (secondary N) is 1. The molecule has 146 valence electrons. The van der Waals surface area contributed by atoms with Crippen molar-refractivity contribution < 1.29 is 9.18 Å². The molecule has 0 unspecified atom stereocenters. The van der Waals surface area contributed by atoms with Crippen LogP contribution in [0.15, 0.2) is 36.8 Å². The number of benzene rings is 1. The summed E-state index contributed by atoms with van der Waals surface area (Å²) in [5.41, 5.74) is 2.79. The van der Waals surface area contributed by atoms with Crippen molar-refractivity contribution in [3.63, 3.8) is 0 Å². The van der Waals surface area contributed by atoms with Crippen molar-refractivity contribution >= 4 is 22.8 Å². The molecule has 4 rings (SSSR count). The highest BCUT2D eigenvalue weighted by Crippen LogP contribution is 2.24. The van der Waals surface area contributed by atoms with E-state index in [-0.39, 0.29) is 18.5 Å². The molecule has 1 N–H and O–H groups in total. The number of fused-ring (bicyclic) bond motifs is 1. The van der Waals surface area contributed by atoms with Crippen molar-refractivity contribution in [2.75, 3.05) is 31.6 Å². The predicted octanol–water partition coefficient (Wildman–Crippen LogP) is 2.65. The van der Waals surface area contributed by atoms with E-state index in [0.29, 0.717) is 12.5 Å². The van der Waals surface area contributed by atoms with Gasteiger partial charge in [-0.2, -0.15) is 5.10 Å². The number of aromatic nitrogens is 4. The molecule has 1 amide bonds. The molecule has 0 spiro atoms. The number of halogens is 1. The van der Waals surface area contributed by atoms with E-state index < -0.39 is 0 Å². The van der Waals surface area contributed by atoms with Gasteiger partial charge in [0.1, 0.15) is 6.67 Å². The van der Waals surface area contributed by atoms with Crippen LogP contribution in [0.3, 0.4) is 0 Å². The number of likely N-dealkylation sites (tertiary alicyclic amines) is 1. The molecule has 1 fully saturated rings. The average molecular weight is 382 g/mol. The Hall–Kier alpha value is -2.87. The Bertz CT molecular complexity index is 980. The van der Waals surface area contributed by atoms with Crippen molar-refractivity contribution in [1.29, 1.82) is 0 Å². The molecule has 3 aromatic rings. The summed E-state index contributed by atoms with van der Waals surface area (Å²) < 4.78 is 14.2. The highest BCUT2D eigenvalue weighted by molar-refractivity contribution is 5.92. The van der Waals surface area contributed by atoms with E-state index in [1.807, 2.05) is 31.4 Å². The Balaban J connectivity index is 1.47. The van der Waals surface area contributed by atoms with Gasteiger partial charge >= 0.3 is 0 Å². The van der Waals surface area contributed by atoms with E-state index in [1.165, 1.54) is 0 Å². The van der Waals surface area contributed by atoms with Gasteiger partial charge in [0.05, 0.1) is 11.7 Å². The summed E-state index contributed by atoms with van der Waals surface area (Å²) in [5.74, 6) is 0.159. The van der Waals surface area contributed by atoms with Gasteiger partial charge < -0.3 is 4.90 Å². The molecule has 1 aromatic carbocycles. The van der Waals surface area contributed by atoms with E-state index >= 15 is 0 Å². The number of carbonyl (C=O) groups excluding carboxylic acids is 1. The molecule has 0 bridgehead atoms. The van der Waals surface area contributed by atoms with Crippen molar-refractivity contribution in [3.05, 3.63) is 36.8 Å². The van der Waals surface area contributed by atoms with E-state index in [1.54, 1.807) is 17.1 Å². The predicted molar refractivity (Wildman–Crippen MR) is 106 cm³/mol. The highest BCUT2D eigenvalue weighted by atomic mass is 19.1. The number of anilines is 1. The molecule has 1 saturated heterocycles. The molecule has 1 aliphatic rings. The van der Waals surface area contributed by atoms with Gasteiger partial charge in [0.2, 0.25) is 11.9 Å². The first-order valence-corrected chi connectivity index (χ1v) is 9.47. The summed E-state index contributed by atoms with van der Waals surface area (Å²) in [7, 11) is 1.88. The van der Waals surface area contributed by atoms with Gasteiger partial charge in [-0.3, -0.25) is 14.8 Å². The van der Waals surface area contributed by atoms with Crippen LogP contribution in [-0.2, 0) is 11.8 Å². The number of amides is 1. The molecular weight excluding hydrogens is 359 g/mol. The molecular formula is C20H23FN6O. The summed E-state index contributed by atoms with van der Waals surface area (Å²) in [6.45, 7) is 1.59. The van der Waals surface area contributed by atoms with Crippen LogP contribution in [0.4, 0.5) is 10.3 Å². The molecule has 0 radical (unpaired) electrons. The lowest BCUT2D eigenvalue weighted by atomic mass is 9.96. The largest absolute Gasteiger partial charge is 0.301 e. The topological polar surface area (TPSA) is 75.9 Å². The Morgan fingerprint density at radius 2 is 2.07 bits per heavy atom. The summed E-state index contributed by atoms with van der Waals surface area (Å²) in [4.78, 5) is 23.4. The van der Waals surface area contributed by atoms with Crippen molar-refractivity contribution in [2.45, 2.75) is 12.8 Å². The van der Waals surface area contributed by atoms with Gasteiger partial charge in [-0.05, 0) is 37.6 Å². The maximum absolute atomic E-state index is 12.6. The van der Waals surface area contributed by atoms with Crippen LogP contribution in [0.2, 0.25) is 0 Å². The van der Waals surface area contributed by atoms with Crippen LogP contribution >= 0.6 is 0 Å². The minimum Gasteiger partial charge on any atom is -0.301 e. The molecule has 7 nitrogen and oxygen atoms in total. The van der Waals surface area contributed by atoms with Crippen LogP contribution in [0.1, 0.15) is 12.8 Å². The zero-order chi connectivity index (χ0) is 19.5. The molecule has 2 aromatic heterocycles. The zero-order valence-electron chi connectivity index (χ0n) is 15.8. The third kappa shape index (κ3) is 4.01. The van der Waals surface area contributed by atoms with Crippen molar-refractivity contribution in [3.8, 4) is 11.1 Å². The Morgan fingerprint density at radius 1 is 1.25 bits per heavy atom. The summed E-state index contributed by atoms with van der Waals surface area (Å²) in [5, 5.41) is 7.95. The Labute approximate surface area is 162 Å². The lowest BCUT2D eigenvalue weighted by Gasteiger charge is -2.30. The number of nitrogens with zero attached hydrogens (tertiary/aromatic N) is 5. The summed E-state index contributed by atoms with van der Waals surface area (Å²) >= 11 is 0. The number of carbonyl (C=O) groups is 1. The fourth-order valence-electron chi connectivity index (χ4n) is 3.58. The second-order valence-corrected chi connectivity index (χ2v) is 7.16. The molecule has 0 saturated carbocycles. The number of piperidine rings is 1. The van der Waals surface area contributed by atoms with Crippen molar-refractivity contribution in [1.82, 2.24) is 24.6 Å². The normalized spacial score (nSPS) is 15.8. The maximum atomic E-state index is 12.6. The van der Waals surface area contributed by atoms with Crippen LogP contribution in [0.25, 0.3) is 22.0 Å². The number of alkyl halides is 1. The number of hydrogen-bond donors (Lipinski definition) is 1.